The van der Waals surface area contributed by atoms with Crippen molar-refractivity contribution in [1.82, 2.24) is 9.78 Å². The molecule has 4 heteroatoms. The Balaban J connectivity index is 2.10. The van der Waals surface area contributed by atoms with Crippen molar-refractivity contribution in [3.63, 3.8) is 0 Å². The van der Waals surface area contributed by atoms with Gasteiger partial charge in [0, 0.05) is 24.2 Å². The van der Waals surface area contributed by atoms with E-state index in [-0.39, 0.29) is 0 Å². The molecule has 3 nitrogen and oxygen atoms in total. The summed E-state index contributed by atoms with van der Waals surface area (Å²) in [6.45, 7) is 4.30. The fourth-order valence-corrected chi connectivity index (χ4v) is 2.54. The van der Waals surface area contributed by atoms with E-state index in [1.165, 1.54) is 10.4 Å². The highest BCUT2D eigenvalue weighted by Gasteiger charge is 2.10. The second kappa shape index (κ2) is 4.06. The Morgan fingerprint density at radius 1 is 1.47 bits per heavy atom. The Kier molecular flexibility index (Phi) is 2.77. The Bertz CT molecular complexity index is 444. The molecule has 0 bridgehead atoms. The summed E-state index contributed by atoms with van der Waals surface area (Å²) < 4.78 is 1.80. The number of aromatic nitrogens is 2. The summed E-state index contributed by atoms with van der Waals surface area (Å²) in [6, 6.07) is 4.45. The van der Waals surface area contributed by atoms with Gasteiger partial charge in [0.1, 0.15) is 5.82 Å². The first-order chi connectivity index (χ1) is 7.16. The van der Waals surface area contributed by atoms with Crippen molar-refractivity contribution >= 4 is 17.2 Å². The number of hydrogen-bond donors (Lipinski definition) is 1. The van der Waals surface area contributed by atoms with Crippen molar-refractivity contribution in [2.45, 2.75) is 19.9 Å². The highest BCUT2D eigenvalue weighted by atomic mass is 32.1. The summed E-state index contributed by atoms with van der Waals surface area (Å²) in [5.41, 5.74) is 1.34. The van der Waals surface area contributed by atoms with Crippen molar-refractivity contribution < 1.29 is 0 Å². The molecule has 0 aromatic carbocycles. The summed E-state index contributed by atoms with van der Waals surface area (Å²) in [7, 11) is 1.92. The topological polar surface area (TPSA) is 29.9 Å². The van der Waals surface area contributed by atoms with Crippen molar-refractivity contribution in [2.24, 2.45) is 7.05 Å². The minimum absolute atomic E-state index is 0.319. The van der Waals surface area contributed by atoms with Gasteiger partial charge in [-0.25, -0.2) is 0 Å². The molecule has 2 aromatic rings. The second-order valence-corrected chi connectivity index (χ2v) is 4.66. The summed E-state index contributed by atoms with van der Waals surface area (Å²) in [6.07, 6.45) is 1.94. The van der Waals surface area contributed by atoms with E-state index in [9.17, 15) is 0 Å². The molecule has 0 saturated carbocycles. The molecule has 80 valence electrons. The van der Waals surface area contributed by atoms with E-state index >= 15 is 0 Å². The molecule has 2 rings (SSSR count). The average Bonchev–Trinajstić information content (AvgIpc) is 2.75. The summed E-state index contributed by atoms with van der Waals surface area (Å²) >= 11 is 1.79. The Morgan fingerprint density at radius 2 is 2.27 bits per heavy atom. The lowest BCUT2D eigenvalue weighted by Gasteiger charge is -2.12. The van der Waals surface area contributed by atoms with Gasteiger partial charge in [0.2, 0.25) is 0 Å². The predicted molar refractivity (Wildman–Crippen MR) is 64.3 cm³/mol. The van der Waals surface area contributed by atoms with Crippen LogP contribution in [0.15, 0.2) is 23.7 Å². The van der Waals surface area contributed by atoms with Gasteiger partial charge in [-0.2, -0.15) is 5.10 Å². The van der Waals surface area contributed by atoms with E-state index in [4.69, 9.17) is 0 Å². The molecule has 0 aliphatic rings. The van der Waals surface area contributed by atoms with Crippen LogP contribution in [0.2, 0.25) is 0 Å². The number of thiophene rings is 1. The Hall–Kier alpha value is -1.29. The number of rotatable bonds is 3. The quantitative estimate of drug-likeness (QED) is 0.863. The summed E-state index contributed by atoms with van der Waals surface area (Å²) in [4.78, 5) is 1.38. The smallest absolute Gasteiger partial charge is 0.148 e. The molecule has 1 atom stereocenters. The lowest BCUT2D eigenvalue weighted by Crippen LogP contribution is -2.06. The largest absolute Gasteiger partial charge is 0.361 e. The van der Waals surface area contributed by atoms with Crippen LogP contribution >= 0.6 is 11.3 Å². The fraction of sp³-hybridized carbons (Fsp3) is 0.364. The maximum atomic E-state index is 4.30. The lowest BCUT2D eigenvalue weighted by atomic mass is 10.2. The van der Waals surface area contributed by atoms with Crippen molar-refractivity contribution in [1.29, 1.82) is 0 Å². The van der Waals surface area contributed by atoms with Gasteiger partial charge in [0.15, 0.2) is 0 Å². The zero-order valence-electron chi connectivity index (χ0n) is 9.19. The minimum Gasteiger partial charge on any atom is -0.361 e. The molecule has 0 fully saturated rings. The molecule has 0 saturated heterocycles. The molecule has 0 unspecified atom stereocenters. The third kappa shape index (κ3) is 2.21. The van der Waals surface area contributed by atoms with Gasteiger partial charge in [-0.05, 0) is 30.9 Å². The monoisotopic (exact) mass is 221 g/mol. The molecule has 15 heavy (non-hydrogen) atoms. The SMILES string of the molecule is Cc1ccsc1[C@H](C)Nc1ccn(C)n1. The van der Waals surface area contributed by atoms with Gasteiger partial charge in [0.05, 0.1) is 6.04 Å². The zero-order valence-corrected chi connectivity index (χ0v) is 10.0. The number of anilines is 1. The normalized spacial score (nSPS) is 12.7. The number of hydrogen-bond acceptors (Lipinski definition) is 3. The molecular weight excluding hydrogens is 206 g/mol. The van der Waals surface area contributed by atoms with E-state index in [2.05, 4.69) is 35.7 Å². The number of nitrogens with zero attached hydrogens (tertiary/aromatic N) is 2. The van der Waals surface area contributed by atoms with Crippen LogP contribution in [0, 0.1) is 6.92 Å². The zero-order chi connectivity index (χ0) is 10.8. The van der Waals surface area contributed by atoms with E-state index < -0.39 is 0 Å². The molecule has 2 heterocycles. The molecule has 0 amide bonds. The van der Waals surface area contributed by atoms with Crippen LogP contribution in [0.3, 0.4) is 0 Å². The first-order valence-corrected chi connectivity index (χ1v) is 5.85. The van der Waals surface area contributed by atoms with Gasteiger partial charge < -0.3 is 5.32 Å². The van der Waals surface area contributed by atoms with E-state index in [0.717, 1.165) is 5.82 Å². The highest BCUT2D eigenvalue weighted by Crippen LogP contribution is 2.25. The van der Waals surface area contributed by atoms with Crippen LogP contribution in [0.25, 0.3) is 0 Å². The van der Waals surface area contributed by atoms with Crippen LogP contribution in [-0.2, 0) is 7.05 Å². The Labute approximate surface area is 93.7 Å². The predicted octanol–water partition coefficient (Wildman–Crippen LogP) is 2.96. The van der Waals surface area contributed by atoms with Crippen LogP contribution in [0.5, 0.6) is 0 Å². The molecule has 2 aromatic heterocycles. The third-order valence-electron chi connectivity index (χ3n) is 2.37. The third-order valence-corrected chi connectivity index (χ3v) is 3.57. The molecule has 0 radical (unpaired) electrons. The summed E-state index contributed by atoms with van der Waals surface area (Å²) in [5, 5.41) is 9.81. The number of aryl methyl sites for hydroxylation is 2. The van der Waals surface area contributed by atoms with Gasteiger partial charge in [0.25, 0.3) is 0 Å². The minimum atomic E-state index is 0.319. The van der Waals surface area contributed by atoms with Crippen molar-refractivity contribution in [3.8, 4) is 0 Å². The molecule has 0 aliphatic heterocycles. The van der Waals surface area contributed by atoms with Gasteiger partial charge >= 0.3 is 0 Å². The van der Waals surface area contributed by atoms with Crippen LogP contribution in [0.1, 0.15) is 23.4 Å². The fourth-order valence-electron chi connectivity index (χ4n) is 1.61. The first kappa shape index (κ1) is 10.2. The average molecular weight is 221 g/mol. The highest BCUT2D eigenvalue weighted by molar-refractivity contribution is 7.10. The molecule has 0 aliphatic carbocycles. The Morgan fingerprint density at radius 3 is 2.80 bits per heavy atom. The maximum absolute atomic E-state index is 4.30. The van der Waals surface area contributed by atoms with Crippen LogP contribution in [-0.4, -0.2) is 9.78 Å². The van der Waals surface area contributed by atoms with E-state index in [1.807, 2.05) is 19.3 Å². The van der Waals surface area contributed by atoms with Gasteiger partial charge in [-0.15, -0.1) is 11.3 Å². The van der Waals surface area contributed by atoms with Crippen LogP contribution in [0.4, 0.5) is 5.82 Å². The molecular formula is C11H15N3S. The van der Waals surface area contributed by atoms with Crippen molar-refractivity contribution in [2.75, 3.05) is 5.32 Å². The standard InChI is InChI=1S/C11H15N3S/c1-8-5-7-15-11(8)9(2)12-10-4-6-14(3)13-10/h4-7,9H,1-3H3,(H,12,13)/t9-/m0/s1. The number of nitrogens with one attached hydrogen (secondary N) is 1. The second-order valence-electron chi connectivity index (χ2n) is 3.71. The van der Waals surface area contributed by atoms with E-state index in [1.54, 1.807) is 16.0 Å². The lowest BCUT2D eigenvalue weighted by molar-refractivity contribution is 0.761. The molecule has 1 N–H and O–H groups in total. The van der Waals surface area contributed by atoms with Crippen LogP contribution < -0.4 is 5.32 Å². The van der Waals surface area contributed by atoms with Gasteiger partial charge in [-0.1, -0.05) is 0 Å². The maximum Gasteiger partial charge on any atom is 0.148 e. The summed E-state index contributed by atoms with van der Waals surface area (Å²) in [5.74, 6) is 0.929. The van der Waals surface area contributed by atoms with E-state index in [0.29, 0.717) is 6.04 Å². The first-order valence-electron chi connectivity index (χ1n) is 4.97. The van der Waals surface area contributed by atoms with Crippen molar-refractivity contribution in [3.05, 3.63) is 34.2 Å². The van der Waals surface area contributed by atoms with Gasteiger partial charge in [-0.3, -0.25) is 4.68 Å². The molecule has 0 spiro atoms.